The van der Waals surface area contributed by atoms with Crippen LogP contribution in [-0.4, -0.2) is 11.1 Å². The van der Waals surface area contributed by atoms with Crippen LogP contribution in [0, 0.1) is 17.2 Å². The number of carbonyl (C=O) groups is 1. The van der Waals surface area contributed by atoms with E-state index < -0.39 is 11.4 Å². The van der Waals surface area contributed by atoms with E-state index in [1.807, 2.05) is 13.8 Å². The molecular weight excluding hydrogens is 287 g/mol. The highest BCUT2D eigenvalue weighted by Gasteiger charge is 2.37. The summed E-state index contributed by atoms with van der Waals surface area (Å²) in [7, 11) is 0. The van der Waals surface area contributed by atoms with Gasteiger partial charge in [-0.15, -0.1) is 0 Å². The number of halogens is 2. The van der Waals surface area contributed by atoms with Crippen LogP contribution in [-0.2, 0) is 11.2 Å². The van der Waals surface area contributed by atoms with Gasteiger partial charge in [0.2, 0.25) is 0 Å². The van der Waals surface area contributed by atoms with Gasteiger partial charge < -0.3 is 5.11 Å². The predicted octanol–water partition coefficient (Wildman–Crippen LogP) is 3.88. The number of hydrogen-bond donors (Lipinski definition) is 1. The highest BCUT2D eigenvalue weighted by Crippen LogP contribution is 2.34. The minimum Gasteiger partial charge on any atom is -0.481 e. The zero-order valence-electron chi connectivity index (χ0n) is 10.1. The van der Waals surface area contributed by atoms with Crippen molar-refractivity contribution in [3.05, 3.63) is 34.1 Å². The molecule has 0 aliphatic heterocycles. The van der Waals surface area contributed by atoms with Gasteiger partial charge in [0.25, 0.3) is 0 Å². The van der Waals surface area contributed by atoms with Crippen LogP contribution in [0.1, 0.15) is 26.3 Å². The third-order valence-electron chi connectivity index (χ3n) is 3.34. The molecule has 2 nitrogen and oxygen atoms in total. The first-order chi connectivity index (χ1) is 7.77. The fourth-order valence-corrected chi connectivity index (χ4v) is 2.08. The third kappa shape index (κ3) is 3.06. The Labute approximate surface area is 109 Å². The first-order valence-electron chi connectivity index (χ1n) is 5.44. The fraction of sp³-hybridized carbons (Fsp3) is 0.462. The molecule has 4 heteroatoms. The van der Waals surface area contributed by atoms with Crippen molar-refractivity contribution in [2.45, 2.75) is 27.2 Å². The quantitative estimate of drug-likeness (QED) is 0.916. The monoisotopic (exact) mass is 302 g/mol. The molecular formula is C13H16BrFO2. The molecule has 1 aromatic carbocycles. The van der Waals surface area contributed by atoms with Crippen LogP contribution in [0.5, 0.6) is 0 Å². The van der Waals surface area contributed by atoms with E-state index in [-0.39, 0.29) is 11.7 Å². The molecule has 0 bridgehead atoms. The van der Waals surface area contributed by atoms with Crippen molar-refractivity contribution >= 4 is 21.9 Å². The van der Waals surface area contributed by atoms with E-state index in [4.69, 9.17) is 0 Å². The molecule has 0 saturated carbocycles. The Morgan fingerprint density at radius 2 is 2.12 bits per heavy atom. The van der Waals surface area contributed by atoms with E-state index in [1.54, 1.807) is 13.0 Å². The van der Waals surface area contributed by atoms with Crippen molar-refractivity contribution < 1.29 is 14.3 Å². The summed E-state index contributed by atoms with van der Waals surface area (Å²) >= 11 is 3.27. The molecule has 0 amide bonds. The molecule has 0 aromatic heterocycles. The van der Waals surface area contributed by atoms with E-state index >= 15 is 0 Å². The Bertz CT molecular complexity index is 431. The third-order valence-corrected chi connectivity index (χ3v) is 4.07. The van der Waals surface area contributed by atoms with Gasteiger partial charge in [-0.05, 0) is 37.0 Å². The number of hydrogen-bond acceptors (Lipinski definition) is 1. The summed E-state index contributed by atoms with van der Waals surface area (Å²) in [5.41, 5.74) is -0.0367. The second kappa shape index (κ2) is 5.17. The minimum atomic E-state index is -0.847. The maximum absolute atomic E-state index is 13.0. The van der Waals surface area contributed by atoms with Crippen molar-refractivity contribution in [3.63, 3.8) is 0 Å². The van der Waals surface area contributed by atoms with E-state index in [9.17, 15) is 14.3 Å². The number of aliphatic carboxylic acids is 1. The van der Waals surface area contributed by atoms with Crippen molar-refractivity contribution in [1.82, 2.24) is 0 Å². The van der Waals surface area contributed by atoms with Crippen LogP contribution < -0.4 is 0 Å². The van der Waals surface area contributed by atoms with Crippen LogP contribution >= 0.6 is 15.9 Å². The van der Waals surface area contributed by atoms with Gasteiger partial charge in [0.05, 0.1) is 5.41 Å². The van der Waals surface area contributed by atoms with Crippen LogP contribution in [0.25, 0.3) is 0 Å². The Morgan fingerprint density at radius 1 is 1.53 bits per heavy atom. The second-order valence-electron chi connectivity index (χ2n) is 4.79. The maximum atomic E-state index is 13.0. The van der Waals surface area contributed by atoms with Crippen molar-refractivity contribution in [2.75, 3.05) is 0 Å². The van der Waals surface area contributed by atoms with E-state index in [2.05, 4.69) is 15.9 Å². The molecule has 17 heavy (non-hydrogen) atoms. The standard InChI is InChI=1S/C13H16BrFO2/c1-8(2)13(3,12(16)17)7-9-4-5-10(15)6-11(9)14/h4-6,8H,7H2,1-3H3,(H,16,17). The first kappa shape index (κ1) is 14.2. The summed E-state index contributed by atoms with van der Waals surface area (Å²) < 4.78 is 13.6. The van der Waals surface area contributed by atoms with Gasteiger partial charge in [0, 0.05) is 4.47 Å². The summed E-state index contributed by atoms with van der Waals surface area (Å²) in [4.78, 5) is 11.4. The highest BCUT2D eigenvalue weighted by atomic mass is 79.9. The largest absolute Gasteiger partial charge is 0.481 e. The second-order valence-corrected chi connectivity index (χ2v) is 5.64. The van der Waals surface area contributed by atoms with Crippen LogP contribution in [0.2, 0.25) is 0 Å². The molecule has 1 aromatic rings. The number of carboxylic acid groups (broad SMARTS) is 1. The summed E-state index contributed by atoms with van der Waals surface area (Å²) in [6, 6.07) is 4.34. The molecule has 94 valence electrons. The lowest BCUT2D eigenvalue weighted by Gasteiger charge is -2.29. The zero-order chi connectivity index (χ0) is 13.2. The zero-order valence-corrected chi connectivity index (χ0v) is 11.7. The van der Waals surface area contributed by atoms with Crippen molar-refractivity contribution in [3.8, 4) is 0 Å². The summed E-state index contributed by atoms with van der Waals surface area (Å²) in [6.07, 6.45) is 0.376. The normalized spacial score (nSPS) is 14.7. The molecule has 1 unspecified atom stereocenters. The van der Waals surface area contributed by atoms with Crippen LogP contribution in [0.4, 0.5) is 4.39 Å². The Morgan fingerprint density at radius 3 is 2.53 bits per heavy atom. The first-order valence-corrected chi connectivity index (χ1v) is 6.24. The van der Waals surface area contributed by atoms with Gasteiger partial charge in [-0.1, -0.05) is 35.8 Å². The lowest BCUT2D eigenvalue weighted by atomic mass is 9.74. The van der Waals surface area contributed by atoms with Crippen molar-refractivity contribution in [1.29, 1.82) is 0 Å². The molecule has 0 aliphatic rings. The average molecular weight is 303 g/mol. The van der Waals surface area contributed by atoms with Gasteiger partial charge in [-0.25, -0.2) is 4.39 Å². The Hall–Kier alpha value is -0.900. The summed E-state index contributed by atoms with van der Waals surface area (Å²) in [5.74, 6) is -1.16. The summed E-state index contributed by atoms with van der Waals surface area (Å²) in [6.45, 7) is 5.48. The molecule has 0 saturated heterocycles. The lowest BCUT2D eigenvalue weighted by molar-refractivity contribution is -0.150. The molecule has 1 atom stereocenters. The molecule has 1 rings (SSSR count). The molecule has 0 radical (unpaired) electrons. The van der Waals surface area contributed by atoms with E-state index in [1.165, 1.54) is 12.1 Å². The molecule has 0 fully saturated rings. The molecule has 0 aliphatic carbocycles. The van der Waals surface area contributed by atoms with Crippen molar-refractivity contribution in [2.24, 2.45) is 11.3 Å². The predicted molar refractivity (Wildman–Crippen MR) is 68.4 cm³/mol. The van der Waals surface area contributed by atoms with Gasteiger partial charge in [-0.2, -0.15) is 0 Å². The molecule has 1 N–H and O–H groups in total. The average Bonchev–Trinajstić information content (AvgIpc) is 2.21. The Balaban J connectivity index is 3.07. The number of benzene rings is 1. The fourth-order valence-electron chi connectivity index (χ4n) is 1.59. The van der Waals surface area contributed by atoms with Crippen LogP contribution in [0.15, 0.2) is 22.7 Å². The molecule has 0 heterocycles. The van der Waals surface area contributed by atoms with Gasteiger partial charge in [0.1, 0.15) is 5.82 Å². The van der Waals surface area contributed by atoms with Gasteiger partial charge in [0.15, 0.2) is 0 Å². The number of rotatable bonds is 4. The molecule has 0 spiro atoms. The minimum absolute atomic E-state index is 0.00282. The van der Waals surface area contributed by atoms with Gasteiger partial charge >= 0.3 is 5.97 Å². The van der Waals surface area contributed by atoms with Gasteiger partial charge in [-0.3, -0.25) is 4.79 Å². The van der Waals surface area contributed by atoms with E-state index in [0.717, 1.165) is 5.56 Å². The van der Waals surface area contributed by atoms with Crippen LogP contribution in [0.3, 0.4) is 0 Å². The smallest absolute Gasteiger partial charge is 0.309 e. The van der Waals surface area contributed by atoms with E-state index in [0.29, 0.717) is 10.9 Å². The highest BCUT2D eigenvalue weighted by molar-refractivity contribution is 9.10. The topological polar surface area (TPSA) is 37.3 Å². The number of carboxylic acids is 1. The lowest BCUT2D eigenvalue weighted by Crippen LogP contribution is -2.35. The SMILES string of the molecule is CC(C)C(C)(Cc1ccc(F)cc1Br)C(=O)O. The maximum Gasteiger partial charge on any atom is 0.309 e. The summed E-state index contributed by atoms with van der Waals surface area (Å²) in [5, 5.41) is 9.32. The Kier molecular flexibility index (Phi) is 4.31.